The number of fused-ring (bicyclic) bond motifs is 2. The third-order valence-electron chi connectivity index (χ3n) is 5.69. The van der Waals surface area contributed by atoms with Crippen molar-refractivity contribution in [1.29, 1.82) is 0 Å². The van der Waals surface area contributed by atoms with Crippen LogP contribution in [-0.2, 0) is 14.3 Å². The summed E-state index contributed by atoms with van der Waals surface area (Å²) in [5.74, 6) is 1.02. The average molecular weight is 292 g/mol. The molecular weight excluding hydrogens is 264 g/mol. The van der Waals surface area contributed by atoms with Crippen LogP contribution in [0.4, 0.5) is 0 Å². The molecule has 0 spiro atoms. The van der Waals surface area contributed by atoms with Crippen molar-refractivity contribution in [2.75, 3.05) is 0 Å². The summed E-state index contributed by atoms with van der Waals surface area (Å²) in [4.78, 5) is 12.3. The monoisotopic (exact) mass is 292 g/mol. The summed E-state index contributed by atoms with van der Waals surface area (Å²) in [5, 5.41) is 0. The second-order valence-corrected chi connectivity index (χ2v) is 7.11. The molecule has 2 bridgehead atoms. The molecule has 0 heterocycles. The van der Waals surface area contributed by atoms with Crippen LogP contribution in [0.5, 0.6) is 0 Å². The van der Waals surface area contributed by atoms with Crippen LogP contribution in [-0.4, -0.2) is 17.9 Å². The van der Waals surface area contributed by atoms with E-state index in [1.54, 1.807) is 0 Å². The molecule has 4 atom stereocenters. The van der Waals surface area contributed by atoms with Gasteiger partial charge in [0.25, 0.3) is 0 Å². The van der Waals surface area contributed by atoms with E-state index in [1.807, 2.05) is 6.92 Å². The van der Waals surface area contributed by atoms with Gasteiger partial charge in [0.2, 0.25) is 6.29 Å². The van der Waals surface area contributed by atoms with Crippen molar-refractivity contribution in [3.63, 3.8) is 0 Å². The predicted molar refractivity (Wildman–Crippen MR) is 81.6 cm³/mol. The van der Waals surface area contributed by atoms with Crippen molar-refractivity contribution in [1.82, 2.24) is 0 Å². The largest absolute Gasteiger partial charge is 0.436 e. The van der Waals surface area contributed by atoms with E-state index in [9.17, 15) is 4.79 Å². The summed E-state index contributed by atoms with van der Waals surface area (Å²) in [6.45, 7) is 4.06. The van der Waals surface area contributed by atoms with Crippen LogP contribution in [0, 0.1) is 17.8 Å². The molecular formula is C18H28O3. The molecule has 0 saturated heterocycles. The number of carbonyl (C=O) groups excluding carboxylic acids is 1. The van der Waals surface area contributed by atoms with E-state index < -0.39 is 6.29 Å². The van der Waals surface area contributed by atoms with E-state index in [4.69, 9.17) is 9.47 Å². The second-order valence-electron chi connectivity index (χ2n) is 7.11. The fraction of sp³-hybridized carbons (Fsp3) is 0.833. The van der Waals surface area contributed by atoms with Crippen LogP contribution in [0.1, 0.15) is 65.2 Å². The van der Waals surface area contributed by atoms with Crippen molar-refractivity contribution < 1.29 is 14.3 Å². The van der Waals surface area contributed by atoms with Crippen molar-refractivity contribution in [3.8, 4) is 0 Å². The zero-order chi connectivity index (χ0) is 14.9. The first-order valence-electron chi connectivity index (χ1n) is 8.68. The summed E-state index contributed by atoms with van der Waals surface area (Å²) < 4.78 is 11.8. The molecule has 0 aromatic carbocycles. The van der Waals surface area contributed by atoms with Gasteiger partial charge in [0.15, 0.2) is 0 Å². The molecule has 2 saturated carbocycles. The van der Waals surface area contributed by atoms with Gasteiger partial charge in [0, 0.05) is 0 Å². The quantitative estimate of drug-likeness (QED) is 0.432. The number of rotatable bonds is 5. The van der Waals surface area contributed by atoms with Gasteiger partial charge in [-0.1, -0.05) is 38.3 Å². The molecule has 2 fully saturated rings. The van der Waals surface area contributed by atoms with E-state index in [1.165, 1.54) is 19.3 Å². The fourth-order valence-corrected chi connectivity index (χ4v) is 4.43. The maximum atomic E-state index is 12.3. The SMILES string of the molecule is CCC1(OC(C)OC(=O)C2CC3C=CC2C3)CCCCC1. The van der Waals surface area contributed by atoms with Crippen molar-refractivity contribution in [3.05, 3.63) is 12.2 Å². The molecule has 21 heavy (non-hydrogen) atoms. The zero-order valence-corrected chi connectivity index (χ0v) is 13.3. The smallest absolute Gasteiger partial charge is 0.311 e. The lowest BCUT2D eigenvalue weighted by Crippen LogP contribution is -2.39. The Morgan fingerprint density at radius 2 is 2.00 bits per heavy atom. The Morgan fingerprint density at radius 1 is 1.24 bits per heavy atom. The Kier molecular flexibility index (Phi) is 4.39. The molecule has 3 aliphatic rings. The highest BCUT2D eigenvalue weighted by Crippen LogP contribution is 2.44. The van der Waals surface area contributed by atoms with Crippen LogP contribution >= 0.6 is 0 Å². The summed E-state index contributed by atoms with van der Waals surface area (Å²) >= 11 is 0. The maximum absolute atomic E-state index is 12.3. The zero-order valence-electron chi connectivity index (χ0n) is 13.3. The normalized spacial score (nSPS) is 34.9. The first kappa shape index (κ1) is 15.1. The van der Waals surface area contributed by atoms with Gasteiger partial charge in [-0.3, -0.25) is 4.79 Å². The Labute approximate surface area is 128 Å². The number of ether oxygens (including phenoxy) is 2. The first-order valence-corrected chi connectivity index (χ1v) is 8.68. The predicted octanol–water partition coefficient (Wildman–Crippen LogP) is 4.22. The molecule has 0 aromatic heterocycles. The van der Waals surface area contributed by atoms with Gasteiger partial charge < -0.3 is 9.47 Å². The summed E-state index contributed by atoms with van der Waals surface area (Å²) in [6.07, 6.45) is 13.1. The molecule has 3 nitrogen and oxygen atoms in total. The van der Waals surface area contributed by atoms with Crippen LogP contribution < -0.4 is 0 Å². The fourth-order valence-electron chi connectivity index (χ4n) is 4.43. The number of allylic oxidation sites excluding steroid dienone is 2. The summed E-state index contributed by atoms with van der Waals surface area (Å²) in [5.41, 5.74) is -0.0630. The van der Waals surface area contributed by atoms with Crippen LogP contribution in [0.2, 0.25) is 0 Å². The van der Waals surface area contributed by atoms with Crippen LogP contribution in [0.25, 0.3) is 0 Å². The van der Waals surface area contributed by atoms with Crippen LogP contribution in [0.3, 0.4) is 0 Å². The third kappa shape index (κ3) is 3.18. The molecule has 0 aromatic rings. The summed E-state index contributed by atoms with van der Waals surface area (Å²) in [7, 11) is 0. The van der Waals surface area contributed by atoms with E-state index >= 15 is 0 Å². The van der Waals surface area contributed by atoms with Gasteiger partial charge in [-0.05, 0) is 50.9 Å². The number of esters is 1. The van der Waals surface area contributed by atoms with Gasteiger partial charge in [-0.15, -0.1) is 0 Å². The Balaban J connectivity index is 1.52. The average Bonchev–Trinajstić information content (AvgIpc) is 3.10. The number of hydrogen-bond acceptors (Lipinski definition) is 3. The Morgan fingerprint density at radius 3 is 2.57 bits per heavy atom. The number of hydrogen-bond donors (Lipinski definition) is 0. The minimum Gasteiger partial charge on any atom is -0.436 e. The first-order chi connectivity index (χ1) is 10.1. The minimum absolute atomic E-state index is 0.0542. The molecule has 0 amide bonds. The lowest BCUT2D eigenvalue weighted by atomic mass is 9.83. The highest BCUT2D eigenvalue weighted by Gasteiger charge is 2.42. The van der Waals surface area contributed by atoms with Crippen molar-refractivity contribution in [2.45, 2.75) is 77.1 Å². The molecule has 3 rings (SSSR count). The standard InChI is InChI=1S/C18H28O3/c1-3-18(9-5-4-6-10-18)21-13(2)20-17(19)16-12-14-7-8-15(16)11-14/h7-8,13-16H,3-6,9-12H2,1-2H3. The van der Waals surface area contributed by atoms with Crippen molar-refractivity contribution in [2.24, 2.45) is 17.8 Å². The third-order valence-corrected chi connectivity index (χ3v) is 5.69. The highest BCUT2D eigenvalue weighted by atomic mass is 16.7. The van der Waals surface area contributed by atoms with E-state index in [2.05, 4.69) is 19.1 Å². The molecule has 4 unspecified atom stereocenters. The molecule has 3 heteroatoms. The van der Waals surface area contributed by atoms with Gasteiger partial charge in [-0.2, -0.15) is 0 Å². The Bertz CT molecular complexity index is 409. The molecule has 0 radical (unpaired) electrons. The maximum Gasteiger partial charge on any atom is 0.311 e. The molecule has 0 aliphatic heterocycles. The minimum atomic E-state index is -0.418. The second kappa shape index (κ2) is 6.12. The van der Waals surface area contributed by atoms with Crippen molar-refractivity contribution >= 4 is 5.97 Å². The topological polar surface area (TPSA) is 35.5 Å². The van der Waals surface area contributed by atoms with E-state index in [-0.39, 0.29) is 17.5 Å². The lowest BCUT2D eigenvalue weighted by Gasteiger charge is -2.38. The molecule has 118 valence electrons. The van der Waals surface area contributed by atoms with Gasteiger partial charge >= 0.3 is 5.97 Å². The highest BCUT2D eigenvalue weighted by molar-refractivity contribution is 5.74. The summed E-state index contributed by atoms with van der Waals surface area (Å²) in [6, 6.07) is 0. The van der Waals surface area contributed by atoms with Gasteiger partial charge in [0.05, 0.1) is 11.5 Å². The van der Waals surface area contributed by atoms with Crippen LogP contribution in [0.15, 0.2) is 12.2 Å². The number of carbonyl (C=O) groups is 1. The van der Waals surface area contributed by atoms with Gasteiger partial charge in [-0.25, -0.2) is 0 Å². The molecule has 3 aliphatic carbocycles. The van der Waals surface area contributed by atoms with E-state index in [0.29, 0.717) is 11.8 Å². The van der Waals surface area contributed by atoms with E-state index in [0.717, 1.165) is 32.1 Å². The Hall–Kier alpha value is -0.830. The van der Waals surface area contributed by atoms with Gasteiger partial charge in [0.1, 0.15) is 0 Å². The lowest BCUT2D eigenvalue weighted by molar-refractivity contribution is -0.218. The molecule has 0 N–H and O–H groups in total.